The molecular weight excluding hydrogens is 422 g/mol. The summed E-state index contributed by atoms with van der Waals surface area (Å²) in [6, 6.07) is 10.5. The fourth-order valence-electron chi connectivity index (χ4n) is 3.08. The van der Waals surface area contributed by atoms with Crippen LogP contribution in [0.25, 0.3) is 0 Å². The molecule has 1 atom stereocenters. The number of methoxy groups -OCH3 is 1. The van der Waals surface area contributed by atoms with Crippen LogP contribution in [0.15, 0.2) is 39.3 Å². The smallest absolute Gasteiger partial charge is 0.164 e. The lowest BCUT2D eigenvalue weighted by molar-refractivity contribution is 0.305. The van der Waals surface area contributed by atoms with Crippen LogP contribution in [-0.2, 0) is 6.42 Å². The van der Waals surface area contributed by atoms with E-state index in [4.69, 9.17) is 9.47 Å². The quantitative estimate of drug-likeness (QED) is 0.736. The Morgan fingerprint density at radius 3 is 2.74 bits per heavy atom. The van der Waals surface area contributed by atoms with Gasteiger partial charge in [-0.1, -0.05) is 37.9 Å². The van der Waals surface area contributed by atoms with Crippen LogP contribution in [0.4, 0.5) is 0 Å². The summed E-state index contributed by atoms with van der Waals surface area (Å²) >= 11 is 7.25. The van der Waals surface area contributed by atoms with Crippen molar-refractivity contribution < 1.29 is 9.47 Å². The van der Waals surface area contributed by atoms with E-state index >= 15 is 0 Å². The Balaban J connectivity index is 2.12. The van der Waals surface area contributed by atoms with Crippen LogP contribution < -0.4 is 14.8 Å². The number of nitrogens with one attached hydrogen (secondary N) is 1. The van der Waals surface area contributed by atoms with Gasteiger partial charge >= 0.3 is 0 Å². The summed E-state index contributed by atoms with van der Waals surface area (Å²) in [6.45, 7) is 3.54. The predicted molar refractivity (Wildman–Crippen MR) is 99.6 cm³/mol. The molecule has 0 saturated carbocycles. The van der Waals surface area contributed by atoms with Gasteiger partial charge in [-0.15, -0.1) is 0 Å². The number of benzene rings is 2. The molecule has 2 aromatic carbocycles. The monoisotopic (exact) mass is 439 g/mol. The van der Waals surface area contributed by atoms with E-state index < -0.39 is 0 Å². The minimum absolute atomic E-state index is 0.135. The van der Waals surface area contributed by atoms with E-state index in [2.05, 4.69) is 55.4 Å². The average molecular weight is 441 g/mol. The highest BCUT2D eigenvalue weighted by Gasteiger charge is 2.27. The van der Waals surface area contributed by atoms with E-state index in [1.807, 2.05) is 19.1 Å². The third kappa shape index (κ3) is 3.28. The molecule has 1 aliphatic rings. The summed E-state index contributed by atoms with van der Waals surface area (Å²) in [6.07, 6.45) is 0.935. The Labute approximate surface area is 153 Å². The second-order valence-corrected chi connectivity index (χ2v) is 7.17. The zero-order valence-corrected chi connectivity index (χ0v) is 16.3. The van der Waals surface area contributed by atoms with Crippen molar-refractivity contribution in [3.63, 3.8) is 0 Å². The van der Waals surface area contributed by atoms with Crippen molar-refractivity contribution in [2.24, 2.45) is 0 Å². The minimum atomic E-state index is 0.135. The molecule has 3 rings (SSSR count). The number of fused-ring (bicyclic) bond motifs is 1. The van der Waals surface area contributed by atoms with E-state index in [9.17, 15) is 0 Å². The summed E-state index contributed by atoms with van der Waals surface area (Å²) < 4.78 is 13.5. The molecule has 1 N–H and O–H groups in total. The summed E-state index contributed by atoms with van der Waals surface area (Å²) in [5.74, 6) is 1.68. The Bertz CT molecular complexity index is 718. The van der Waals surface area contributed by atoms with Crippen LogP contribution in [0.2, 0.25) is 0 Å². The van der Waals surface area contributed by atoms with Gasteiger partial charge in [0, 0.05) is 21.1 Å². The third-order valence-corrected chi connectivity index (χ3v) is 5.29. The number of ether oxygens (including phenoxy) is 2. The molecule has 5 heteroatoms. The fourth-order valence-corrected chi connectivity index (χ4v) is 3.93. The highest BCUT2D eigenvalue weighted by atomic mass is 79.9. The highest BCUT2D eigenvalue weighted by Crippen LogP contribution is 2.41. The summed E-state index contributed by atoms with van der Waals surface area (Å²) in [7, 11) is 1.69. The summed E-state index contributed by atoms with van der Waals surface area (Å²) in [4.78, 5) is 0. The number of hydrogen-bond donors (Lipinski definition) is 1. The third-order valence-electron chi connectivity index (χ3n) is 4.07. The molecule has 0 fully saturated rings. The molecule has 0 saturated heterocycles. The van der Waals surface area contributed by atoms with E-state index in [-0.39, 0.29) is 6.04 Å². The van der Waals surface area contributed by atoms with Gasteiger partial charge in [-0.25, -0.2) is 0 Å². The lowest BCUT2D eigenvalue weighted by Gasteiger charge is -2.30. The minimum Gasteiger partial charge on any atom is -0.493 e. The topological polar surface area (TPSA) is 30.5 Å². The molecule has 23 heavy (non-hydrogen) atoms. The van der Waals surface area contributed by atoms with Crippen molar-refractivity contribution in [1.82, 2.24) is 5.32 Å². The number of halogens is 2. The molecule has 3 nitrogen and oxygen atoms in total. The lowest BCUT2D eigenvalue weighted by Crippen LogP contribution is -2.31. The zero-order chi connectivity index (χ0) is 16.4. The Hall–Kier alpha value is -1.04. The number of rotatable bonds is 4. The van der Waals surface area contributed by atoms with Crippen molar-refractivity contribution in [3.8, 4) is 11.5 Å². The molecule has 2 aromatic rings. The maximum Gasteiger partial charge on any atom is 0.164 e. The first kappa shape index (κ1) is 16.8. The first-order chi connectivity index (χ1) is 11.2. The molecule has 1 unspecified atom stereocenters. The van der Waals surface area contributed by atoms with Crippen molar-refractivity contribution >= 4 is 31.9 Å². The van der Waals surface area contributed by atoms with Crippen LogP contribution in [0, 0.1) is 0 Å². The number of hydrogen-bond acceptors (Lipinski definition) is 3. The molecule has 0 aliphatic carbocycles. The average Bonchev–Trinajstić information content (AvgIpc) is 2.57. The van der Waals surface area contributed by atoms with Gasteiger partial charge in [-0.2, -0.15) is 0 Å². The molecule has 1 heterocycles. The van der Waals surface area contributed by atoms with Crippen molar-refractivity contribution in [2.45, 2.75) is 19.4 Å². The van der Waals surface area contributed by atoms with Crippen LogP contribution in [0.5, 0.6) is 11.5 Å². The molecule has 1 aliphatic heterocycles. The molecule has 122 valence electrons. The fraction of sp³-hybridized carbons (Fsp3) is 0.333. The summed E-state index contributed by atoms with van der Waals surface area (Å²) in [5, 5.41) is 3.62. The van der Waals surface area contributed by atoms with Crippen molar-refractivity contribution in [2.75, 3.05) is 20.3 Å². The van der Waals surface area contributed by atoms with Crippen molar-refractivity contribution in [3.05, 3.63) is 56.0 Å². The van der Waals surface area contributed by atoms with Gasteiger partial charge in [0.15, 0.2) is 11.5 Å². The van der Waals surface area contributed by atoms with Gasteiger partial charge in [0.25, 0.3) is 0 Å². The van der Waals surface area contributed by atoms with Gasteiger partial charge in [-0.3, -0.25) is 0 Å². The largest absolute Gasteiger partial charge is 0.493 e. The standard InChI is InChI=1S/C18H19Br2NO2/c1-3-23-18-13-8-9-21-17(12(13)5-7-16(18)22-2)14-10-11(19)4-6-15(14)20/h4-7,10,17,21H,3,8-9H2,1-2H3. The maximum atomic E-state index is 5.89. The Kier molecular flexibility index (Phi) is 5.29. The van der Waals surface area contributed by atoms with Gasteiger partial charge < -0.3 is 14.8 Å². The van der Waals surface area contributed by atoms with Gasteiger partial charge in [0.1, 0.15) is 0 Å². The first-order valence-corrected chi connectivity index (χ1v) is 9.25. The SMILES string of the molecule is CCOc1c(OC)ccc2c1CCNC2c1cc(Br)ccc1Br. The van der Waals surface area contributed by atoms with Crippen LogP contribution in [0.3, 0.4) is 0 Å². The van der Waals surface area contributed by atoms with E-state index in [0.29, 0.717) is 6.61 Å². The Morgan fingerprint density at radius 2 is 2.00 bits per heavy atom. The molecule has 0 amide bonds. The molecule has 0 radical (unpaired) electrons. The van der Waals surface area contributed by atoms with E-state index in [1.165, 1.54) is 16.7 Å². The molecule has 0 bridgehead atoms. The summed E-state index contributed by atoms with van der Waals surface area (Å²) in [5.41, 5.74) is 3.70. The van der Waals surface area contributed by atoms with Gasteiger partial charge in [0.05, 0.1) is 19.8 Å². The molecule has 0 spiro atoms. The normalized spacial score (nSPS) is 16.8. The predicted octanol–water partition coefficient (Wildman–Crippen LogP) is 4.85. The van der Waals surface area contributed by atoms with Crippen LogP contribution in [0.1, 0.15) is 29.7 Å². The zero-order valence-electron chi connectivity index (χ0n) is 13.2. The maximum absolute atomic E-state index is 5.89. The molecule has 0 aromatic heterocycles. The van der Waals surface area contributed by atoms with Crippen molar-refractivity contribution in [1.29, 1.82) is 0 Å². The van der Waals surface area contributed by atoms with E-state index in [1.54, 1.807) is 7.11 Å². The van der Waals surface area contributed by atoms with E-state index in [0.717, 1.165) is 33.4 Å². The van der Waals surface area contributed by atoms with Gasteiger partial charge in [0.2, 0.25) is 0 Å². The second-order valence-electron chi connectivity index (χ2n) is 5.40. The molecular formula is C18H19Br2NO2. The first-order valence-electron chi connectivity index (χ1n) is 7.66. The lowest BCUT2D eigenvalue weighted by atomic mass is 9.89. The van der Waals surface area contributed by atoms with Crippen LogP contribution >= 0.6 is 31.9 Å². The second kappa shape index (κ2) is 7.24. The van der Waals surface area contributed by atoms with Gasteiger partial charge in [-0.05, 0) is 48.7 Å². The highest BCUT2D eigenvalue weighted by molar-refractivity contribution is 9.11. The van der Waals surface area contributed by atoms with Crippen LogP contribution in [-0.4, -0.2) is 20.3 Å². The Morgan fingerprint density at radius 1 is 1.17 bits per heavy atom.